The van der Waals surface area contributed by atoms with E-state index < -0.39 is 17.6 Å². The second-order valence-electron chi connectivity index (χ2n) is 2.28. The lowest BCUT2D eigenvalue weighted by Gasteiger charge is -2.02. The Morgan fingerprint density at radius 2 is 1.93 bits per heavy atom. The minimum Gasteiger partial charge on any atom is -0.476 e. The normalized spacial score (nSPS) is 9.50. The van der Waals surface area contributed by atoms with E-state index in [0.717, 1.165) is 0 Å². The standard InChI is InChI=1S/C8H8N2O4/c1-2-14-8(13)6-5(7(11)12)9-3-4-10-6/h3-4H,2H2,1H3,(H,11,12). The Hall–Kier alpha value is -1.98. The summed E-state index contributed by atoms with van der Waals surface area (Å²) in [6, 6.07) is 0. The first kappa shape index (κ1) is 10.1. The first-order valence-corrected chi connectivity index (χ1v) is 3.88. The highest BCUT2D eigenvalue weighted by Gasteiger charge is 2.19. The number of esters is 1. The van der Waals surface area contributed by atoms with E-state index in [1.807, 2.05) is 0 Å². The molecule has 0 amide bonds. The molecule has 0 radical (unpaired) electrons. The first-order chi connectivity index (χ1) is 6.66. The fraction of sp³-hybridized carbons (Fsp3) is 0.250. The SMILES string of the molecule is CCOC(=O)c1nccnc1C(=O)O. The van der Waals surface area contributed by atoms with Gasteiger partial charge in [-0.1, -0.05) is 0 Å². The topological polar surface area (TPSA) is 89.4 Å². The lowest BCUT2D eigenvalue weighted by molar-refractivity contribution is 0.0505. The van der Waals surface area contributed by atoms with Gasteiger partial charge in [-0.2, -0.15) is 0 Å². The summed E-state index contributed by atoms with van der Waals surface area (Å²) in [5, 5.41) is 8.67. The Morgan fingerprint density at radius 1 is 1.36 bits per heavy atom. The molecule has 1 heterocycles. The molecule has 1 rings (SSSR count). The van der Waals surface area contributed by atoms with Crippen molar-refractivity contribution in [1.29, 1.82) is 0 Å². The minimum atomic E-state index is -1.30. The monoisotopic (exact) mass is 196 g/mol. The maximum atomic E-state index is 11.2. The lowest BCUT2D eigenvalue weighted by atomic mass is 10.3. The summed E-state index contributed by atoms with van der Waals surface area (Å²) in [6.45, 7) is 1.78. The Balaban J connectivity index is 3.07. The average Bonchev–Trinajstić information content (AvgIpc) is 2.18. The van der Waals surface area contributed by atoms with Gasteiger partial charge in [0.05, 0.1) is 6.61 Å². The lowest BCUT2D eigenvalue weighted by Crippen LogP contribution is -2.15. The summed E-state index contributed by atoms with van der Waals surface area (Å²) in [6.07, 6.45) is 2.44. The fourth-order valence-corrected chi connectivity index (χ4v) is 0.843. The number of nitrogens with zero attached hydrogens (tertiary/aromatic N) is 2. The number of carbonyl (C=O) groups is 2. The predicted molar refractivity (Wildman–Crippen MR) is 44.9 cm³/mol. The molecule has 1 N–H and O–H groups in total. The molecule has 1 aromatic rings. The Kier molecular flexibility index (Phi) is 3.11. The van der Waals surface area contributed by atoms with Crippen LogP contribution in [0.4, 0.5) is 0 Å². The molecule has 6 heteroatoms. The van der Waals surface area contributed by atoms with Crippen LogP contribution in [0.25, 0.3) is 0 Å². The van der Waals surface area contributed by atoms with Gasteiger partial charge in [0, 0.05) is 12.4 Å². The maximum absolute atomic E-state index is 11.2. The van der Waals surface area contributed by atoms with Crippen LogP contribution in [-0.2, 0) is 4.74 Å². The summed E-state index contributed by atoms with van der Waals surface area (Å²) in [7, 11) is 0. The number of aromatic nitrogens is 2. The molecule has 0 aliphatic heterocycles. The van der Waals surface area contributed by atoms with Gasteiger partial charge >= 0.3 is 11.9 Å². The third kappa shape index (κ3) is 2.03. The van der Waals surface area contributed by atoms with Crippen molar-refractivity contribution in [2.24, 2.45) is 0 Å². The van der Waals surface area contributed by atoms with Crippen LogP contribution in [0, 0.1) is 0 Å². The number of aromatic carboxylic acids is 1. The molecule has 0 spiro atoms. The summed E-state index contributed by atoms with van der Waals surface area (Å²) in [4.78, 5) is 28.9. The van der Waals surface area contributed by atoms with Crippen LogP contribution >= 0.6 is 0 Å². The summed E-state index contributed by atoms with van der Waals surface area (Å²) < 4.78 is 4.61. The number of ether oxygens (including phenoxy) is 1. The van der Waals surface area contributed by atoms with E-state index in [-0.39, 0.29) is 12.3 Å². The summed E-state index contributed by atoms with van der Waals surface area (Å²) in [5.74, 6) is -2.08. The molecule has 0 bridgehead atoms. The molecule has 1 aromatic heterocycles. The second kappa shape index (κ2) is 4.31. The van der Waals surface area contributed by atoms with Gasteiger partial charge in [0.25, 0.3) is 0 Å². The maximum Gasteiger partial charge on any atom is 0.359 e. The van der Waals surface area contributed by atoms with Crippen molar-refractivity contribution in [2.45, 2.75) is 6.92 Å². The Morgan fingerprint density at radius 3 is 2.43 bits per heavy atom. The van der Waals surface area contributed by atoms with Gasteiger partial charge in [0.2, 0.25) is 0 Å². The van der Waals surface area contributed by atoms with E-state index in [1.54, 1.807) is 6.92 Å². The number of hydrogen-bond acceptors (Lipinski definition) is 5. The zero-order valence-corrected chi connectivity index (χ0v) is 7.43. The quantitative estimate of drug-likeness (QED) is 0.701. The van der Waals surface area contributed by atoms with Gasteiger partial charge in [-0.25, -0.2) is 19.6 Å². The summed E-state index contributed by atoms with van der Waals surface area (Å²) >= 11 is 0. The highest BCUT2D eigenvalue weighted by atomic mass is 16.5. The molecule has 0 fully saturated rings. The van der Waals surface area contributed by atoms with Crippen LogP contribution < -0.4 is 0 Å². The van der Waals surface area contributed by atoms with Crippen LogP contribution in [0.1, 0.15) is 27.9 Å². The summed E-state index contributed by atoms with van der Waals surface area (Å²) in [5.41, 5.74) is -0.673. The number of carboxylic acids is 1. The molecular weight excluding hydrogens is 188 g/mol. The van der Waals surface area contributed by atoms with Gasteiger partial charge in [0.15, 0.2) is 11.4 Å². The van der Waals surface area contributed by atoms with Gasteiger partial charge < -0.3 is 9.84 Å². The molecule has 0 aliphatic carbocycles. The van der Waals surface area contributed by atoms with Gasteiger partial charge in [-0.05, 0) is 6.92 Å². The molecule has 0 aliphatic rings. The molecular formula is C8H8N2O4. The number of hydrogen-bond donors (Lipinski definition) is 1. The van der Waals surface area contributed by atoms with Crippen molar-refractivity contribution in [2.75, 3.05) is 6.61 Å². The predicted octanol–water partition coefficient (Wildman–Crippen LogP) is 0.351. The molecule has 0 saturated heterocycles. The van der Waals surface area contributed by atoms with Crippen molar-refractivity contribution in [1.82, 2.24) is 9.97 Å². The highest BCUT2D eigenvalue weighted by molar-refractivity contribution is 5.99. The second-order valence-corrected chi connectivity index (χ2v) is 2.28. The molecule has 14 heavy (non-hydrogen) atoms. The highest BCUT2D eigenvalue weighted by Crippen LogP contribution is 2.03. The molecule has 0 aromatic carbocycles. The Labute approximate surface area is 79.6 Å². The van der Waals surface area contributed by atoms with Crippen molar-refractivity contribution in [3.63, 3.8) is 0 Å². The van der Waals surface area contributed by atoms with Crippen LogP contribution in [0.15, 0.2) is 12.4 Å². The fourth-order valence-electron chi connectivity index (χ4n) is 0.843. The van der Waals surface area contributed by atoms with E-state index in [4.69, 9.17) is 5.11 Å². The van der Waals surface area contributed by atoms with Gasteiger partial charge in [0.1, 0.15) is 0 Å². The third-order valence-electron chi connectivity index (χ3n) is 1.37. The molecule has 6 nitrogen and oxygen atoms in total. The van der Waals surface area contributed by atoms with Crippen LogP contribution in [0.5, 0.6) is 0 Å². The third-order valence-corrected chi connectivity index (χ3v) is 1.37. The van der Waals surface area contributed by atoms with E-state index in [1.165, 1.54) is 12.4 Å². The number of rotatable bonds is 3. The van der Waals surface area contributed by atoms with Crippen molar-refractivity contribution < 1.29 is 19.4 Å². The zero-order chi connectivity index (χ0) is 10.6. The van der Waals surface area contributed by atoms with Crippen LogP contribution in [0.2, 0.25) is 0 Å². The zero-order valence-electron chi connectivity index (χ0n) is 7.43. The van der Waals surface area contributed by atoms with E-state index in [2.05, 4.69) is 14.7 Å². The van der Waals surface area contributed by atoms with E-state index >= 15 is 0 Å². The molecule has 0 unspecified atom stereocenters. The van der Waals surface area contributed by atoms with Crippen LogP contribution in [0.3, 0.4) is 0 Å². The smallest absolute Gasteiger partial charge is 0.359 e. The van der Waals surface area contributed by atoms with Crippen LogP contribution in [-0.4, -0.2) is 33.6 Å². The van der Waals surface area contributed by atoms with Crippen molar-refractivity contribution in [3.8, 4) is 0 Å². The average molecular weight is 196 g/mol. The van der Waals surface area contributed by atoms with Gasteiger partial charge in [-0.15, -0.1) is 0 Å². The number of carboxylic acid groups (broad SMARTS) is 1. The van der Waals surface area contributed by atoms with E-state index in [0.29, 0.717) is 0 Å². The largest absolute Gasteiger partial charge is 0.476 e. The van der Waals surface area contributed by atoms with E-state index in [9.17, 15) is 9.59 Å². The van der Waals surface area contributed by atoms with Crippen molar-refractivity contribution >= 4 is 11.9 Å². The first-order valence-electron chi connectivity index (χ1n) is 3.88. The van der Waals surface area contributed by atoms with Crippen molar-refractivity contribution in [3.05, 3.63) is 23.8 Å². The molecule has 0 saturated carbocycles. The molecule has 74 valence electrons. The van der Waals surface area contributed by atoms with Gasteiger partial charge in [-0.3, -0.25) is 0 Å². The number of carbonyl (C=O) groups excluding carboxylic acids is 1. The molecule has 0 atom stereocenters. The minimum absolute atomic E-state index is 0.161. The Bertz CT molecular complexity index is 364.